The zero-order chi connectivity index (χ0) is 15.9. The molecule has 0 spiro atoms. The Hall–Kier alpha value is -1.45. The number of carbonyl (C=O) groups excluding carboxylic acids is 1. The normalized spacial score (nSPS) is 13.4. The fourth-order valence-electron chi connectivity index (χ4n) is 2.14. The molecule has 2 nitrogen and oxygen atoms in total. The van der Waals surface area contributed by atoms with Crippen LogP contribution in [-0.2, 0) is 4.79 Å². The Bertz CT molecular complexity index is 600. The lowest BCUT2D eigenvalue weighted by Crippen LogP contribution is -2.28. The fourth-order valence-corrected chi connectivity index (χ4v) is 3.10. The van der Waals surface area contributed by atoms with Gasteiger partial charge in [0.25, 0.3) is 0 Å². The molecule has 116 valence electrons. The van der Waals surface area contributed by atoms with E-state index in [9.17, 15) is 4.79 Å². The summed E-state index contributed by atoms with van der Waals surface area (Å²) >= 11 is 7.52. The van der Waals surface area contributed by atoms with Gasteiger partial charge in [-0.05, 0) is 37.1 Å². The first kappa shape index (κ1) is 16.9. The second kappa shape index (κ2) is 8.25. The molecule has 1 amide bonds. The number of carbonyl (C=O) groups is 1. The molecule has 1 N–H and O–H groups in total. The molecular weight excluding hydrogens is 314 g/mol. The summed E-state index contributed by atoms with van der Waals surface area (Å²) in [5, 5.41) is 4.03. The average Bonchev–Trinajstić information content (AvgIpc) is 2.54. The van der Waals surface area contributed by atoms with Gasteiger partial charge in [0.1, 0.15) is 0 Å². The van der Waals surface area contributed by atoms with Crippen molar-refractivity contribution in [1.82, 2.24) is 5.32 Å². The topological polar surface area (TPSA) is 29.1 Å². The fraction of sp³-hybridized carbons (Fsp3) is 0.278. The molecule has 0 saturated carbocycles. The Labute approximate surface area is 141 Å². The maximum Gasteiger partial charge on any atom is 0.230 e. The maximum absolute atomic E-state index is 12.1. The van der Waals surface area contributed by atoms with Crippen LogP contribution < -0.4 is 5.32 Å². The smallest absolute Gasteiger partial charge is 0.230 e. The Balaban J connectivity index is 1.81. The molecule has 22 heavy (non-hydrogen) atoms. The van der Waals surface area contributed by atoms with Crippen LogP contribution in [0.1, 0.15) is 36.3 Å². The molecular formula is C18H20ClNOS. The predicted octanol–water partition coefficient (Wildman–Crippen LogP) is 5.01. The first-order valence-corrected chi connectivity index (χ1v) is 8.70. The van der Waals surface area contributed by atoms with Crippen LogP contribution in [0.5, 0.6) is 0 Å². The second-order valence-corrected chi connectivity index (χ2v) is 6.97. The highest BCUT2D eigenvalue weighted by molar-refractivity contribution is 8.00. The minimum atomic E-state index is -0.0163. The lowest BCUT2D eigenvalue weighted by atomic mass is 10.1. The highest BCUT2D eigenvalue weighted by Crippen LogP contribution is 2.27. The van der Waals surface area contributed by atoms with E-state index < -0.39 is 0 Å². The minimum absolute atomic E-state index is 0.0163. The molecule has 0 bridgehead atoms. The standard InChI is InChI=1S/C18H20ClNOS/c1-13(15-8-10-17(19)11-9-15)20-18(21)12-22-14(2)16-6-4-3-5-7-16/h3-11,13-14H,12H2,1-2H3,(H,20,21)/t13-,14-/m1/s1. The Morgan fingerprint density at radius 2 is 1.68 bits per heavy atom. The van der Waals surface area contributed by atoms with Gasteiger partial charge in [-0.2, -0.15) is 0 Å². The largest absolute Gasteiger partial charge is 0.349 e. The lowest BCUT2D eigenvalue weighted by Gasteiger charge is -2.16. The summed E-state index contributed by atoms with van der Waals surface area (Å²) in [6.07, 6.45) is 0. The first-order chi connectivity index (χ1) is 10.6. The van der Waals surface area contributed by atoms with Crippen LogP contribution in [0, 0.1) is 0 Å². The number of rotatable bonds is 6. The van der Waals surface area contributed by atoms with E-state index >= 15 is 0 Å². The molecule has 0 aromatic heterocycles. The van der Waals surface area contributed by atoms with Crippen LogP contribution in [0.4, 0.5) is 0 Å². The van der Waals surface area contributed by atoms with Gasteiger partial charge in [0, 0.05) is 10.3 Å². The summed E-state index contributed by atoms with van der Waals surface area (Å²) in [4.78, 5) is 12.1. The quantitative estimate of drug-likeness (QED) is 0.805. The molecule has 0 aliphatic rings. The number of amides is 1. The zero-order valence-electron chi connectivity index (χ0n) is 12.8. The molecule has 2 aromatic carbocycles. The van der Waals surface area contributed by atoms with Crippen LogP contribution in [0.15, 0.2) is 54.6 Å². The summed E-state index contributed by atoms with van der Waals surface area (Å²) in [5.41, 5.74) is 2.30. The van der Waals surface area contributed by atoms with Gasteiger partial charge >= 0.3 is 0 Å². The number of benzene rings is 2. The molecule has 2 atom stereocenters. The number of thioether (sulfide) groups is 1. The molecule has 2 aromatic rings. The molecule has 0 fully saturated rings. The Morgan fingerprint density at radius 3 is 2.32 bits per heavy atom. The first-order valence-electron chi connectivity index (χ1n) is 7.27. The molecule has 0 saturated heterocycles. The third kappa shape index (κ3) is 5.08. The van der Waals surface area contributed by atoms with Crippen LogP contribution >= 0.6 is 23.4 Å². The van der Waals surface area contributed by atoms with Crippen molar-refractivity contribution in [2.75, 3.05) is 5.75 Å². The Kier molecular flexibility index (Phi) is 6.34. The van der Waals surface area contributed by atoms with Crippen molar-refractivity contribution in [3.8, 4) is 0 Å². The monoisotopic (exact) mass is 333 g/mol. The Morgan fingerprint density at radius 1 is 1.05 bits per heavy atom. The summed E-state index contributed by atoms with van der Waals surface area (Å²) < 4.78 is 0. The van der Waals surface area contributed by atoms with E-state index in [0.29, 0.717) is 16.0 Å². The minimum Gasteiger partial charge on any atom is -0.349 e. The number of hydrogen-bond donors (Lipinski definition) is 1. The van der Waals surface area contributed by atoms with Gasteiger partial charge in [-0.3, -0.25) is 4.79 Å². The van der Waals surface area contributed by atoms with Crippen molar-refractivity contribution < 1.29 is 4.79 Å². The number of hydrogen-bond acceptors (Lipinski definition) is 2. The lowest BCUT2D eigenvalue weighted by molar-refractivity contribution is -0.119. The van der Waals surface area contributed by atoms with Crippen molar-refractivity contribution in [2.45, 2.75) is 25.1 Å². The number of halogens is 1. The van der Waals surface area contributed by atoms with E-state index in [4.69, 9.17) is 11.6 Å². The number of nitrogens with one attached hydrogen (secondary N) is 1. The van der Waals surface area contributed by atoms with E-state index in [2.05, 4.69) is 24.4 Å². The van der Waals surface area contributed by atoms with Gasteiger partial charge in [0.15, 0.2) is 0 Å². The molecule has 2 rings (SSSR count). The van der Waals surface area contributed by atoms with E-state index in [-0.39, 0.29) is 11.9 Å². The van der Waals surface area contributed by atoms with E-state index in [1.807, 2.05) is 49.4 Å². The summed E-state index contributed by atoms with van der Waals surface area (Å²) in [6, 6.07) is 17.8. The predicted molar refractivity (Wildman–Crippen MR) is 95.3 cm³/mol. The third-order valence-electron chi connectivity index (χ3n) is 3.48. The summed E-state index contributed by atoms with van der Waals surface area (Å²) in [7, 11) is 0. The van der Waals surface area contributed by atoms with Gasteiger partial charge < -0.3 is 5.32 Å². The van der Waals surface area contributed by atoms with Gasteiger partial charge in [-0.25, -0.2) is 0 Å². The van der Waals surface area contributed by atoms with Crippen molar-refractivity contribution in [3.63, 3.8) is 0 Å². The molecule has 0 unspecified atom stereocenters. The zero-order valence-corrected chi connectivity index (χ0v) is 14.3. The van der Waals surface area contributed by atoms with Crippen molar-refractivity contribution in [3.05, 3.63) is 70.7 Å². The van der Waals surface area contributed by atoms with E-state index in [1.165, 1.54) is 5.56 Å². The van der Waals surface area contributed by atoms with E-state index in [1.54, 1.807) is 11.8 Å². The second-order valence-electron chi connectivity index (χ2n) is 5.20. The molecule has 0 aliphatic carbocycles. The van der Waals surface area contributed by atoms with Crippen molar-refractivity contribution in [2.24, 2.45) is 0 Å². The highest BCUT2D eigenvalue weighted by Gasteiger charge is 2.12. The highest BCUT2D eigenvalue weighted by atomic mass is 35.5. The maximum atomic E-state index is 12.1. The van der Waals surface area contributed by atoms with E-state index in [0.717, 1.165) is 5.56 Å². The van der Waals surface area contributed by atoms with Crippen molar-refractivity contribution in [1.29, 1.82) is 0 Å². The van der Waals surface area contributed by atoms with Crippen LogP contribution in [-0.4, -0.2) is 11.7 Å². The summed E-state index contributed by atoms with van der Waals surface area (Å²) in [5.74, 6) is 0.504. The van der Waals surface area contributed by atoms with Crippen molar-refractivity contribution >= 4 is 29.3 Å². The molecule has 4 heteroatoms. The summed E-state index contributed by atoms with van der Waals surface area (Å²) in [6.45, 7) is 4.10. The molecule has 0 radical (unpaired) electrons. The average molecular weight is 334 g/mol. The van der Waals surface area contributed by atoms with Gasteiger partial charge in [0.2, 0.25) is 5.91 Å². The SMILES string of the molecule is C[C@@H](NC(=O)CS[C@H](C)c1ccccc1)c1ccc(Cl)cc1. The van der Waals surface area contributed by atoms with Gasteiger partial charge in [-0.1, -0.05) is 54.1 Å². The van der Waals surface area contributed by atoms with Crippen LogP contribution in [0.2, 0.25) is 5.02 Å². The molecule has 0 aliphatic heterocycles. The van der Waals surface area contributed by atoms with Gasteiger partial charge in [0.05, 0.1) is 11.8 Å². The molecule has 0 heterocycles. The van der Waals surface area contributed by atoms with Crippen LogP contribution in [0.3, 0.4) is 0 Å². The van der Waals surface area contributed by atoms with Crippen LogP contribution in [0.25, 0.3) is 0 Å². The third-order valence-corrected chi connectivity index (χ3v) is 4.93. The van der Waals surface area contributed by atoms with Gasteiger partial charge in [-0.15, -0.1) is 11.8 Å².